The normalized spacial score (nSPS) is 12.1. The Labute approximate surface area is 387 Å². The molecule has 0 aliphatic carbocycles. The van der Waals surface area contributed by atoms with Crippen molar-refractivity contribution < 1.29 is 70.0 Å². The van der Waals surface area contributed by atoms with Gasteiger partial charge in [-0.2, -0.15) is 27.1 Å². The summed E-state index contributed by atoms with van der Waals surface area (Å²) in [7, 11) is -10.1. The number of carbonyl (C=O) groups is 4. The van der Waals surface area contributed by atoms with Crippen LogP contribution < -0.4 is 16.1 Å². The zero-order chi connectivity index (χ0) is 49.8. The van der Waals surface area contributed by atoms with E-state index in [0.717, 1.165) is 36.4 Å². The highest BCUT2D eigenvalue weighted by atomic mass is 32.2. The zero-order valence-corrected chi connectivity index (χ0v) is 36.2. The summed E-state index contributed by atoms with van der Waals surface area (Å²) in [6, 6.07) is 22.7. The number of benzene rings is 6. The first-order valence-electron chi connectivity index (χ1n) is 19.3. The Morgan fingerprint density at radius 2 is 0.899 bits per heavy atom. The third kappa shape index (κ3) is 11.4. The summed E-state index contributed by atoms with van der Waals surface area (Å²) in [5.41, 5.74) is -0.807. The Hall–Kier alpha value is -9.23. The van der Waals surface area contributed by atoms with E-state index in [1.54, 1.807) is 0 Å². The molecule has 7 rings (SSSR count). The Balaban J connectivity index is 1.10. The molecule has 0 atom stereocenters. The number of phenolic OH excluding ortho intramolecular Hbond substituents is 2. The highest BCUT2D eigenvalue weighted by molar-refractivity contribution is 7.86. The second kappa shape index (κ2) is 19.3. The molecule has 6 aromatic carbocycles. The molecule has 348 valence electrons. The molecule has 0 radical (unpaired) electrons. The van der Waals surface area contributed by atoms with Crippen LogP contribution in [0.15, 0.2) is 161 Å². The molecular weight excluding hydrogens is 945 g/mol. The fourth-order valence-electron chi connectivity index (χ4n) is 6.39. The topological polar surface area (TPSA) is 362 Å². The predicted molar refractivity (Wildman–Crippen MR) is 246 cm³/mol. The van der Waals surface area contributed by atoms with Gasteiger partial charge in [-0.3, -0.25) is 23.5 Å². The number of fused-ring (bicyclic) bond motifs is 2. The number of aliphatic carboxylic acids is 2. The average molecular weight is 975 g/mol. The van der Waals surface area contributed by atoms with Crippen LogP contribution in [0.1, 0.15) is 32.2 Å². The number of hydrogen-bond acceptors (Lipinski definition) is 16. The van der Waals surface area contributed by atoms with E-state index in [-0.39, 0.29) is 44.3 Å². The minimum absolute atomic E-state index is 0.00554. The second-order valence-electron chi connectivity index (χ2n) is 14.3. The molecule has 0 fully saturated rings. The quantitative estimate of drug-likeness (QED) is 0.0288. The molecule has 22 nitrogen and oxygen atoms in total. The van der Waals surface area contributed by atoms with Gasteiger partial charge in [0.05, 0.1) is 11.4 Å². The molecule has 1 aromatic heterocycles. The molecule has 0 aliphatic heterocycles. The summed E-state index contributed by atoms with van der Waals surface area (Å²) in [6.07, 6.45) is 4.48. The molecule has 1 heterocycles. The number of hydrogen-bond donors (Lipinski definition) is 8. The van der Waals surface area contributed by atoms with E-state index < -0.39 is 93.6 Å². The van der Waals surface area contributed by atoms with Gasteiger partial charge < -0.3 is 35.5 Å². The van der Waals surface area contributed by atoms with Gasteiger partial charge in [-0.05, 0) is 107 Å². The van der Waals surface area contributed by atoms with Crippen molar-refractivity contribution in [3.8, 4) is 11.5 Å². The van der Waals surface area contributed by atoms with Crippen molar-refractivity contribution in [2.24, 2.45) is 20.5 Å². The Bertz CT molecular complexity index is 3460. The first-order valence-corrected chi connectivity index (χ1v) is 22.2. The number of carboxylic acid groups (broad SMARTS) is 2. The van der Waals surface area contributed by atoms with Gasteiger partial charge in [0.1, 0.15) is 21.2 Å². The molecular formula is C45H30N6O16S2. The maximum absolute atomic E-state index is 13.3. The first-order chi connectivity index (χ1) is 32.6. The third-order valence-corrected chi connectivity index (χ3v) is 11.3. The SMILES string of the molecule is O=C(O)C=Cc1ccc(N=Nc2c(S(=O)(=O)O)cc3cc(NC(=O)c4cc(=O)cc(C(=O)Nc5ccc6c(O)c(N=Nc7ccc(C=CC(=O)O)cc7)c(S(=O)(=O)O)cc6c5)o4)ccc3c2O)cc1. The van der Waals surface area contributed by atoms with Gasteiger partial charge in [0.15, 0.2) is 28.4 Å². The minimum Gasteiger partial charge on any atom is -0.505 e. The molecule has 7 aromatic rings. The van der Waals surface area contributed by atoms with Crippen molar-refractivity contribution in [2.45, 2.75) is 9.79 Å². The van der Waals surface area contributed by atoms with Crippen LogP contribution in [-0.4, -0.2) is 70.1 Å². The maximum Gasteiger partial charge on any atom is 0.328 e. The molecule has 0 bridgehead atoms. The van der Waals surface area contributed by atoms with Crippen LogP contribution in [0.2, 0.25) is 0 Å². The molecule has 69 heavy (non-hydrogen) atoms. The highest BCUT2D eigenvalue weighted by Crippen LogP contribution is 2.43. The predicted octanol–water partition coefficient (Wildman–Crippen LogP) is 8.38. The third-order valence-electron chi connectivity index (χ3n) is 9.54. The van der Waals surface area contributed by atoms with Crippen molar-refractivity contribution in [1.82, 2.24) is 0 Å². The maximum atomic E-state index is 13.3. The van der Waals surface area contributed by atoms with E-state index >= 15 is 0 Å². The Morgan fingerprint density at radius 1 is 0.522 bits per heavy atom. The zero-order valence-electron chi connectivity index (χ0n) is 34.6. The number of nitrogens with one attached hydrogen (secondary N) is 2. The fourth-order valence-corrected chi connectivity index (χ4v) is 7.70. The number of carboxylic acids is 2. The standard InChI is InChI=1S/C45H30N6O16S2/c52-31-21-34(44(59)46-29-11-13-32-25(17-29)19-36(68(61,62)63)40(42(32)57)50-48-27-7-1-23(2-8-27)5-15-38(53)54)67-35(22-31)45(60)47-30-12-14-33-26(18-30)20-37(69(64,65)66)41(43(33)58)51-49-28-9-3-24(4-10-28)6-16-39(55)56/h1-22,57-58H,(H,46,59)(H,47,60)(H,53,54)(H,55,56)(H,61,62,63)(H,64,65,66). The summed E-state index contributed by atoms with van der Waals surface area (Å²) >= 11 is 0. The lowest BCUT2D eigenvalue weighted by molar-refractivity contribution is -0.132. The lowest BCUT2D eigenvalue weighted by atomic mass is 10.1. The van der Waals surface area contributed by atoms with Gasteiger partial charge in [-0.15, -0.1) is 10.2 Å². The molecule has 24 heteroatoms. The number of rotatable bonds is 14. The summed E-state index contributed by atoms with van der Waals surface area (Å²) in [5, 5.41) is 60.1. The number of amides is 2. The van der Waals surface area contributed by atoms with E-state index in [0.29, 0.717) is 11.1 Å². The van der Waals surface area contributed by atoms with Crippen molar-refractivity contribution in [2.75, 3.05) is 10.6 Å². The lowest BCUT2D eigenvalue weighted by Gasteiger charge is -2.12. The first kappa shape index (κ1) is 47.7. The highest BCUT2D eigenvalue weighted by Gasteiger charge is 2.25. The summed E-state index contributed by atoms with van der Waals surface area (Å²) in [4.78, 5) is 59.2. The molecule has 8 N–H and O–H groups in total. The Kier molecular flexibility index (Phi) is 13.4. The number of anilines is 2. The lowest BCUT2D eigenvalue weighted by Crippen LogP contribution is -2.19. The Morgan fingerprint density at radius 3 is 1.25 bits per heavy atom. The smallest absolute Gasteiger partial charge is 0.328 e. The van der Waals surface area contributed by atoms with Gasteiger partial charge in [-0.25, -0.2) is 9.59 Å². The van der Waals surface area contributed by atoms with Crippen molar-refractivity contribution in [3.63, 3.8) is 0 Å². The summed E-state index contributed by atoms with van der Waals surface area (Å²) in [6.45, 7) is 0. The number of azo groups is 2. The van der Waals surface area contributed by atoms with E-state index in [1.165, 1.54) is 97.1 Å². The van der Waals surface area contributed by atoms with Gasteiger partial charge in [0.25, 0.3) is 32.1 Å². The summed E-state index contributed by atoms with van der Waals surface area (Å²) < 4.78 is 75.2. The molecule has 0 saturated carbocycles. The van der Waals surface area contributed by atoms with E-state index in [9.17, 15) is 60.1 Å². The van der Waals surface area contributed by atoms with Crippen LogP contribution in [-0.2, 0) is 29.8 Å². The van der Waals surface area contributed by atoms with Gasteiger partial charge in [0.2, 0.25) is 0 Å². The van der Waals surface area contributed by atoms with Gasteiger partial charge >= 0.3 is 11.9 Å². The van der Waals surface area contributed by atoms with Crippen LogP contribution in [0.4, 0.5) is 34.1 Å². The molecule has 0 spiro atoms. The molecule has 0 saturated heterocycles. The van der Waals surface area contributed by atoms with Crippen LogP contribution in [0.5, 0.6) is 11.5 Å². The van der Waals surface area contributed by atoms with Crippen LogP contribution in [0, 0.1) is 0 Å². The van der Waals surface area contributed by atoms with Crippen molar-refractivity contribution in [3.05, 3.63) is 154 Å². The second-order valence-corrected chi connectivity index (χ2v) is 17.1. The van der Waals surface area contributed by atoms with Crippen LogP contribution in [0.3, 0.4) is 0 Å². The largest absolute Gasteiger partial charge is 0.505 e. The average Bonchev–Trinajstić information content (AvgIpc) is 3.29. The van der Waals surface area contributed by atoms with E-state index in [2.05, 4.69) is 31.1 Å². The molecule has 0 unspecified atom stereocenters. The van der Waals surface area contributed by atoms with Crippen LogP contribution >= 0.6 is 0 Å². The number of nitrogens with zero attached hydrogens (tertiary/aromatic N) is 4. The van der Waals surface area contributed by atoms with Crippen molar-refractivity contribution in [1.29, 1.82) is 0 Å². The summed E-state index contributed by atoms with van der Waals surface area (Å²) in [5.74, 6) is -7.20. The van der Waals surface area contributed by atoms with E-state index in [4.69, 9.17) is 14.6 Å². The van der Waals surface area contributed by atoms with E-state index in [1.807, 2.05) is 0 Å². The van der Waals surface area contributed by atoms with Gasteiger partial charge in [0, 0.05) is 46.4 Å². The van der Waals surface area contributed by atoms with Crippen LogP contribution in [0.25, 0.3) is 33.7 Å². The monoisotopic (exact) mass is 974 g/mol. The number of carbonyl (C=O) groups excluding carboxylic acids is 2. The van der Waals surface area contributed by atoms with Gasteiger partial charge in [-0.1, -0.05) is 24.3 Å². The molecule has 2 amide bonds. The minimum atomic E-state index is -5.05. The molecule has 0 aliphatic rings. The number of aromatic hydroxyl groups is 2. The van der Waals surface area contributed by atoms with Crippen molar-refractivity contribution >= 4 is 112 Å². The number of phenols is 2. The fraction of sp³-hybridized carbons (Fsp3) is 0.